The van der Waals surface area contributed by atoms with E-state index in [1.165, 1.54) is 48.7 Å². The van der Waals surface area contributed by atoms with Crippen LogP contribution in [0.25, 0.3) is 54.2 Å². The van der Waals surface area contributed by atoms with E-state index in [0.717, 1.165) is 22.6 Å². The van der Waals surface area contributed by atoms with E-state index in [4.69, 9.17) is 9.47 Å². The maximum absolute atomic E-state index is 5.79. The Kier molecular flexibility index (Phi) is 7.91. The first-order chi connectivity index (χ1) is 21.2. The molecule has 0 spiro atoms. The minimum absolute atomic E-state index is 0.556. The van der Waals surface area contributed by atoms with Gasteiger partial charge in [0, 0.05) is 5.56 Å². The third-order valence-corrected chi connectivity index (χ3v) is 16.1. The SMILES string of the molecule is COc1ccc(-c2c3cc4ccccc4cc3c(C#C[Si](C(C)C)(C(C)C)C(C)C)c3cc4ccccc4cc23)cc1OC. The van der Waals surface area contributed by atoms with Gasteiger partial charge in [-0.2, -0.15) is 0 Å². The van der Waals surface area contributed by atoms with Gasteiger partial charge < -0.3 is 9.47 Å². The van der Waals surface area contributed by atoms with Crippen LogP contribution in [0.5, 0.6) is 11.5 Å². The first kappa shape index (κ1) is 29.8. The van der Waals surface area contributed by atoms with Crippen LogP contribution in [0.3, 0.4) is 0 Å². The van der Waals surface area contributed by atoms with E-state index in [1.54, 1.807) is 14.2 Å². The summed E-state index contributed by atoms with van der Waals surface area (Å²) < 4.78 is 11.4. The number of ether oxygens (including phenoxy) is 2. The Hall–Kier alpha value is -4.26. The Morgan fingerprint density at radius 2 is 0.955 bits per heavy atom. The fraction of sp³-hybridized carbons (Fsp3) is 0.268. The molecule has 0 amide bonds. The fourth-order valence-electron chi connectivity index (χ4n) is 7.64. The highest BCUT2D eigenvalue weighted by Crippen LogP contribution is 2.45. The first-order valence-corrected chi connectivity index (χ1v) is 18.0. The van der Waals surface area contributed by atoms with Crippen molar-refractivity contribution in [2.45, 2.75) is 58.2 Å². The van der Waals surface area contributed by atoms with Crippen LogP contribution < -0.4 is 9.47 Å². The molecule has 44 heavy (non-hydrogen) atoms. The minimum Gasteiger partial charge on any atom is -0.493 e. The fourth-order valence-corrected chi connectivity index (χ4v) is 12.8. The van der Waals surface area contributed by atoms with Crippen molar-refractivity contribution in [1.29, 1.82) is 0 Å². The van der Waals surface area contributed by atoms with E-state index >= 15 is 0 Å². The van der Waals surface area contributed by atoms with Crippen molar-refractivity contribution in [3.05, 3.63) is 96.6 Å². The van der Waals surface area contributed by atoms with Gasteiger partial charge in [0.1, 0.15) is 8.07 Å². The summed E-state index contributed by atoms with van der Waals surface area (Å²) in [5.74, 6) is 5.37. The molecule has 0 radical (unpaired) electrons. The van der Waals surface area contributed by atoms with E-state index in [0.29, 0.717) is 16.6 Å². The Bertz CT molecular complexity index is 1970. The molecule has 0 unspecified atom stereocenters. The molecule has 2 nitrogen and oxygen atoms in total. The summed E-state index contributed by atoms with van der Waals surface area (Å²) in [5.41, 5.74) is 9.16. The molecule has 6 aromatic carbocycles. The minimum atomic E-state index is -1.98. The molecule has 0 aliphatic rings. The summed E-state index contributed by atoms with van der Waals surface area (Å²) in [6.07, 6.45) is 0. The van der Waals surface area contributed by atoms with Gasteiger partial charge in [-0.15, -0.1) is 5.54 Å². The summed E-state index contributed by atoms with van der Waals surface area (Å²) in [7, 11) is 1.40. The standard InChI is InChI=1S/C41H42O2Si/c1-26(2)44(27(3)4,28(5)6)20-19-34-35-21-29-13-9-11-15-31(29)23-37(35)41(33-17-18-39(42-7)40(25-33)43-8)38-24-32-16-12-10-14-30(32)22-36(34)38/h9-18,21-28H,1-8H3. The van der Waals surface area contributed by atoms with Gasteiger partial charge in [-0.25, -0.2) is 0 Å². The zero-order valence-electron chi connectivity index (χ0n) is 27.2. The second-order valence-electron chi connectivity index (χ2n) is 13.0. The summed E-state index contributed by atoms with van der Waals surface area (Å²) in [6.45, 7) is 14.3. The van der Waals surface area contributed by atoms with Crippen LogP contribution in [0.2, 0.25) is 16.6 Å². The van der Waals surface area contributed by atoms with E-state index in [2.05, 4.69) is 138 Å². The van der Waals surface area contributed by atoms with Gasteiger partial charge in [0.15, 0.2) is 11.5 Å². The second kappa shape index (κ2) is 11.7. The second-order valence-corrected chi connectivity index (χ2v) is 18.5. The van der Waals surface area contributed by atoms with Crippen molar-refractivity contribution in [3.63, 3.8) is 0 Å². The van der Waals surface area contributed by atoms with Crippen molar-refractivity contribution in [1.82, 2.24) is 0 Å². The van der Waals surface area contributed by atoms with Crippen LogP contribution in [0.15, 0.2) is 91.0 Å². The Morgan fingerprint density at radius 1 is 0.523 bits per heavy atom. The Labute approximate surface area is 263 Å². The smallest absolute Gasteiger partial charge is 0.161 e. The van der Waals surface area contributed by atoms with E-state index in [-0.39, 0.29) is 0 Å². The predicted molar refractivity (Wildman–Crippen MR) is 193 cm³/mol. The van der Waals surface area contributed by atoms with Crippen molar-refractivity contribution < 1.29 is 9.47 Å². The number of hydrogen-bond donors (Lipinski definition) is 0. The number of hydrogen-bond acceptors (Lipinski definition) is 2. The highest BCUT2D eigenvalue weighted by atomic mass is 28.3. The van der Waals surface area contributed by atoms with E-state index < -0.39 is 8.07 Å². The molecule has 0 heterocycles. The summed E-state index contributed by atoms with van der Waals surface area (Å²) in [6, 6.07) is 33.0. The third-order valence-electron chi connectivity index (χ3n) is 9.79. The first-order valence-electron chi connectivity index (χ1n) is 15.8. The molecule has 222 valence electrons. The number of rotatable bonds is 6. The highest BCUT2D eigenvalue weighted by Gasteiger charge is 2.41. The lowest BCUT2D eigenvalue weighted by Gasteiger charge is -2.38. The van der Waals surface area contributed by atoms with Crippen LogP contribution >= 0.6 is 0 Å². The van der Waals surface area contributed by atoms with Crippen molar-refractivity contribution >= 4 is 51.2 Å². The summed E-state index contributed by atoms with van der Waals surface area (Å²) in [4.78, 5) is 0. The van der Waals surface area contributed by atoms with Crippen LogP contribution in [0.4, 0.5) is 0 Å². The molecule has 0 saturated carbocycles. The van der Waals surface area contributed by atoms with Crippen LogP contribution in [0.1, 0.15) is 47.1 Å². The molecule has 0 bridgehead atoms. The lowest BCUT2D eigenvalue weighted by atomic mass is 9.86. The van der Waals surface area contributed by atoms with Crippen molar-refractivity contribution in [2.24, 2.45) is 0 Å². The maximum Gasteiger partial charge on any atom is 0.161 e. The monoisotopic (exact) mass is 594 g/mol. The zero-order chi connectivity index (χ0) is 31.2. The summed E-state index contributed by atoms with van der Waals surface area (Å²) in [5, 5.41) is 9.68. The molecule has 0 fully saturated rings. The van der Waals surface area contributed by atoms with Gasteiger partial charge in [-0.05, 0) is 107 Å². The molecule has 0 atom stereocenters. The quantitative estimate of drug-likeness (QED) is 0.108. The van der Waals surface area contributed by atoms with Gasteiger partial charge in [-0.1, -0.05) is 102 Å². The van der Waals surface area contributed by atoms with Gasteiger partial charge in [0.2, 0.25) is 0 Å². The molecule has 6 rings (SSSR count). The van der Waals surface area contributed by atoms with E-state index in [1.807, 2.05) is 6.07 Å². The topological polar surface area (TPSA) is 18.5 Å². The van der Waals surface area contributed by atoms with Gasteiger partial charge in [-0.3, -0.25) is 0 Å². The van der Waals surface area contributed by atoms with Gasteiger partial charge in [0.25, 0.3) is 0 Å². The van der Waals surface area contributed by atoms with Crippen molar-refractivity contribution in [2.75, 3.05) is 14.2 Å². The largest absolute Gasteiger partial charge is 0.493 e. The predicted octanol–water partition coefficient (Wildman–Crippen LogP) is 11.6. The van der Waals surface area contributed by atoms with Gasteiger partial charge in [0.05, 0.1) is 14.2 Å². The van der Waals surface area contributed by atoms with Crippen molar-refractivity contribution in [3.8, 4) is 34.1 Å². The van der Waals surface area contributed by atoms with Crippen LogP contribution in [-0.4, -0.2) is 22.3 Å². The third kappa shape index (κ3) is 4.83. The molecule has 6 aromatic rings. The Morgan fingerprint density at radius 3 is 1.36 bits per heavy atom. The number of benzene rings is 6. The maximum atomic E-state index is 5.79. The average molecular weight is 595 g/mol. The number of methoxy groups -OCH3 is 2. The van der Waals surface area contributed by atoms with Crippen LogP contribution in [-0.2, 0) is 0 Å². The zero-order valence-corrected chi connectivity index (χ0v) is 28.2. The molecule has 0 saturated heterocycles. The molecule has 0 N–H and O–H groups in total. The normalized spacial score (nSPS) is 12.1. The van der Waals surface area contributed by atoms with E-state index in [9.17, 15) is 0 Å². The molecule has 0 aliphatic heterocycles. The molecular formula is C41H42O2Si. The summed E-state index contributed by atoms with van der Waals surface area (Å²) >= 11 is 0. The highest BCUT2D eigenvalue weighted by molar-refractivity contribution is 6.90. The van der Waals surface area contributed by atoms with Gasteiger partial charge >= 0.3 is 0 Å². The molecule has 0 aliphatic carbocycles. The lowest BCUT2D eigenvalue weighted by Crippen LogP contribution is -2.43. The average Bonchev–Trinajstić information content (AvgIpc) is 3.02. The van der Waals surface area contributed by atoms with Crippen LogP contribution in [0, 0.1) is 11.5 Å². The Balaban J connectivity index is 1.84. The lowest BCUT2D eigenvalue weighted by molar-refractivity contribution is 0.355. The molecule has 0 aromatic heterocycles. The molecular weight excluding hydrogens is 553 g/mol. The molecule has 3 heteroatoms. The number of fused-ring (bicyclic) bond motifs is 4.